The van der Waals surface area contributed by atoms with Crippen LogP contribution < -0.4 is 0 Å². The van der Waals surface area contributed by atoms with Crippen molar-refractivity contribution in [3.8, 4) is 0 Å². The molecule has 0 N–H and O–H groups in total. The van der Waals surface area contributed by atoms with Crippen LogP contribution >= 0.6 is 0 Å². The van der Waals surface area contributed by atoms with E-state index in [1.807, 2.05) is 0 Å². The molecule has 2 atom stereocenters. The molecule has 0 amide bonds. The Labute approximate surface area is 180 Å². The third-order valence-corrected chi connectivity index (χ3v) is 5.51. The minimum Gasteiger partial charge on any atom is -0.459 e. The molecule has 0 spiro atoms. The minimum atomic E-state index is -0.394. The molecule has 29 heavy (non-hydrogen) atoms. The molecule has 172 valence electrons. The van der Waals surface area contributed by atoms with Crippen molar-refractivity contribution in [3.63, 3.8) is 0 Å². The fourth-order valence-electron chi connectivity index (χ4n) is 3.35. The van der Waals surface area contributed by atoms with Crippen LogP contribution in [0.2, 0.25) is 0 Å². The van der Waals surface area contributed by atoms with Crippen molar-refractivity contribution >= 4 is 11.9 Å². The average molecular weight is 413 g/mol. The van der Waals surface area contributed by atoms with Crippen molar-refractivity contribution in [2.45, 2.75) is 149 Å². The van der Waals surface area contributed by atoms with E-state index in [2.05, 4.69) is 13.8 Å². The summed E-state index contributed by atoms with van der Waals surface area (Å²) in [5.74, 6) is -0.365. The summed E-state index contributed by atoms with van der Waals surface area (Å²) in [7, 11) is 0. The quantitative estimate of drug-likeness (QED) is 0.153. The molecule has 0 rings (SSSR count). The number of hydrogen-bond donors (Lipinski definition) is 0. The van der Waals surface area contributed by atoms with Crippen molar-refractivity contribution in [3.05, 3.63) is 0 Å². The van der Waals surface area contributed by atoms with Crippen LogP contribution in [-0.2, 0) is 19.1 Å². The third kappa shape index (κ3) is 18.7. The molecule has 0 radical (unpaired) electrons. The van der Waals surface area contributed by atoms with Crippen LogP contribution in [0.3, 0.4) is 0 Å². The van der Waals surface area contributed by atoms with Gasteiger partial charge < -0.3 is 9.47 Å². The summed E-state index contributed by atoms with van der Waals surface area (Å²) < 4.78 is 10.9. The van der Waals surface area contributed by atoms with Crippen molar-refractivity contribution < 1.29 is 19.1 Å². The van der Waals surface area contributed by atoms with E-state index in [1.54, 1.807) is 13.8 Å². The highest BCUT2D eigenvalue weighted by Gasteiger charge is 2.20. The predicted octanol–water partition coefficient (Wildman–Crippen LogP) is 7.52. The molecule has 0 aromatic heterocycles. The number of carbonyl (C=O) groups excluding carboxylic acids is 2. The molecule has 0 aromatic carbocycles. The van der Waals surface area contributed by atoms with Gasteiger partial charge in [0.2, 0.25) is 0 Å². The van der Waals surface area contributed by atoms with Crippen LogP contribution in [0.5, 0.6) is 0 Å². The maximum absolute atomic E-state index is 12.0. The lowest BCUT2D eigenvalue weighted by molar-refractivity contribution is -0.165. The predicted molar refractivity (Wildman–Crippen MR) is 121 cm³/mol. The zero-order valence-electron chi connectivity index (χ0n) is 19.8. The molecule has 0 heterocycles. The Balaban J connectivity index is 3.68. The van der Waals surface area contributed by atoms with E-state index in [0.29, 0.717) is 12.8 Å². The van der Waals surface area contributed by atoms with Gasteiger partial charge in [0.15, 0.2) is 0 Å². The maximum atomic E-state index is 12.0. The van der Waals surface area contributed by atoms with E-state index in [1.165, 1.54) is 70.6 Å². The Hall–Kier alpha value is -1.06. The van der Waals surface area contributed by atoms with Gasteiger partial charge in [0.1, 0.15) is 12.2 Å². The second kappa shape index (κ2) is 20.2. The summed E-state index contributed by atoms with van der Waals surface area (Å²) in [5, 5.41) is 0. The van der Waals surface area contributed by atoms with Gasteiger partial charge in [-0.25, -0.2) is 0 Å². The second-order valence-corrected chi connectivity index (χ2v) is 8.49. The van der Waals surface area contributed by atoms with Crippen molar-refractivity contribution in [1.29, 1.82) is 0 Å². The second-order valence-electron chi connectivity index (χ2n) is 8.49. The van der Waals surface area contributed by atoms with Gasteiger partial charge in [-0.3, -0.25) is 9.59 Å². The van der Waals surface area contributed by atoms with E-state index in [0.717, 1.165) is 25.7 Å². The first-order valence-electron chi connectivity index (χ1n) is 12.4. The van der Waals surface area contributed by atoms with Crippen LogP contribution in [-0.4, -0.2) is 24.1 Å². The summed E-state index contributed by atoms with van der Waals surface area (Å²) >= 11 is 0. The van der Waals surface area contributed by atoms with Crippen LogP contribution in [0.25, 0.3) is 0 Å². The third-order valence-electron chi connectivity index (χ3n) is 5.51. The lowest BCUT2D eigenvalue weighted by atomic mass is 10.1. The highest BCUT2D eigenvalue weighted by atomic mass is 16.6. The molecule has 0 saturated heterocycles. The lowest BCUT2D eigenvalue weighted by Gasteiger charge is -2.21. The highest BCUT2D eigenvalue weighted by Crippen LogP contribution is 2.13. The number of rotatable bonds is 20. The number of carbonyl (C=O) groups is 2. The Bertz CT molecular complexity index is 394. The van der Waals surface area contributed by atoms with Gasteiger partial charge in [0.25, 0.3) is 0 Å². The Morgan fingerprint density at radius 1 is 0.517 bits per heavy atom. The fourth-order valence-corrected chi connectivity index (χ4v) is 3.35. The summed E-state index contributed by atoms with van der Waals surface area (Å²) in [6.45, 7) is 8.05. The summed E-state index contributed by atoms with van der Waals surface area (Å²) in [6, 6.07) is 0. The molecule has 0 aliphatic rings. The monoisotopic (exact) mass is 412 g/mol. The standard InChI is InChI=1S/C25H48O4/c1-5-7-9-11-13-15-17-19-21-25(27)29-23(4)22(3)28-24(26)20-18-16-14-12-10-8-6-2/h22-23H,5-21H2,1-4H3. The maximum Gasteiger partial charge on any atom is 0.306 e. The molecule has 0 bridgehead atoms. The van der Waals surface area contributed by atoms with E-state index in [-0.39, 0.29) is 11.9 Å². The van der Waals surface area contributed by atoms with Crippen molar-refractivity contribution in [2.24, 2.45) is 0 Å². The smallest absolute Gasteiger partial charge is 0.306 e. The van der Waals surface area contributed by atoms with Gasteiger partial charge in [0, 0.05) is 12.8 Å². The number of ether oxygens (including phenoxy) is 2. The largest absolute Gasteiger partial charge is 0.459 e. The lowest BCUT2D eigenvalue weighted by Crippen LogP contribution is -2.30. The molecule has 2 unspecified atom stereocenters. The fraction of sp³-hybridized carbons (Fsp3) is 0.920. The molecule has 0 fully saturated rings. The topological polar surface area (TPSA) is 52.6 Å². The van der Waals surface area contributed by atoms with Gasteiger partial charge in [-0.1, -0.05) is 97.3 Å². The van der Waals surface area contributed by atoms with Gasteiger partial charge >= 0.3 is 11.9 Å². The molecule has 4 heteroatoms. The Kier molecular flexibility index (Phi) is 19.5. The van der Waals surface area contributed by atoms with E-state index in [9.17, 15) is 9.59 Å². The first kappa shape index (κ1) is 27.9. The molecule has 0 aliphatic carbocycles. The van der Waals surface area contributed by atoms with E-state index in [4.69, 9.17) is 9.47 Å². The van der Waals surface area contributed by atoms with Crippen LogP contribution in [0.15, 0.2) is 0 Å². The average Bonchev–Trinajstić information content (AvgIpc) is 2.69. The first-order valence-corrected chi connectivity index (χ1v) is 12.4. The molecular weight excluding hydrogens is 364 g/mol. The number of hydrogen-bond acceptors (Lipinski definition) is 4. The normalized spacial score (nSPS) is 13.1. The van der Waals surface area contributed by atoms with Gasteiger partial charge in [-0.05, 0) is 26.7 Å². The highest BCUT2D eigenvalue weighted by molar-refractivity contribution is 5.70. The van der Waals surface area contributed by atoms with Crippen LogP contribution in [0, 0.1) is 0 Å². The molecule has 0 aliphatic heterocycles. The van der Waals surface area contributed by atoms with Crippen molar-refractivity contribution in [2.75, 3.05) is 0 Å². The van der Waals surface area contributed by atoms with Gasteiger partial charge in [-0.2, -0.15) is 0 Å². The zero-order chi connectivity index (χ0) is 21.7. The number of unbranched alkanes of at least 4 members (excludes halogenated alkanes) is 13. The zero-order valence-corrected chi connectivity index (χ0v) is 19.8. The van der Waals surface area contributed by atoms with E-state index < -0.39 is 12.2 Å². The van der Waals surface area contributed by atoms with Crippen molar-refractivity contribution in [1.82, 2.24) is 0 Å². The number of esters is 2. The van der Waals surface area contributed by atoms with Crippen LogP contribution in [0.1, 0.15) is 137 Å². The molecule has 0 aromatic rings. The Morgan fingerprint density at radius 3 is 1.10 bits per heavy atom. The Morgan fingerprint density at radius 2 is 0.793 bits per heavy atom. The summed E-state index contributed by atoms with van der Waals surface area (Å²) in [5.41, 5.74) is 0. The summed E-state index contributed by atoms with van der Waals surface area (Å²) in [6.07, 6.45) is 18.0. The summed E-state index contributed by atoms with van der Waals surface area (Å²) in [4.78, 5) is 23.9. The van der Waals surface area contributed by atoms with Crippen LogP contribution in [0.4, 0.5) is 0 Å². The SMILES string of the molecule is CCCCCCCCCCC(=O)OC(C)C(C)OC(=O)CCCCCCCCC. The molecule has 0 saturated carbocycles. The van der Waals surface area contributed by atoms with Gasteiger partial charge in [-0.15, -0.1) is 0 Å². The van der Waals surface area contributed by atoms with Gasteiger partial charge in [0.05, 0.1) is 0 Å². The molecular formula is C25H48O4. The molecule has 4 nitrogen and oxygen atoms in total. The minimum absolute atomic E-state index is 0.182. The van der Waals surface area contributed by atoms with E-state index >= 15 is 0 Å². The first-order chi connectivity index (χ1) is 14.0.